The van der Waals surface area contributed by atoms with Gasteiger partial charge in [-0.3, -0.25) is 19.3 Å². The normalized spacial score (nSPS) is 29.4. The Balaban J connectivity index is 2.13. The molecule has 0 spiro atoms. The largest absolute Gasteiger partial charge is 0.481 e. The molecule has 1 heterocycles. The van der Waals surface area contributed by atoms with Crippen LogP contribution in [0.3, 0.4) is 0 Å². The molecule has 17 heavy (non-hydrogen) atoms. The molecular formula is C12H15NO4. The number of likely N-dealkylation sites (tertiary alicyclic amines) is 1. The van der Waals surface area contributed by atoms with Gasteiger partial charge in [-0.05, 0) is 12.8 Å². The summed E-state index contributed by atoms with van der Waals surface area (Å²) in [5.74, 6) is -2.66. The Bertz CT molecular complexity index is 375. The van der Waals surface area contributed by atoms with Crippen LogP contribution in [0.4, 0.5) is 0 Å². The van der Waals surface area contributed by atoms with Gasteiger partial charge in [0.25, 0.3) is 0 Å². The number of hydrogen-bond acceptors (Lipinski definition) is 3. The summed E-state index contributed by atoms with van der Waals surface area (Å²) in [6.45, 7) is 1.49. The summed E-state index contributed by atoms with van der Waals surface area (Å²) >= 11 is 0. The second-order valence-electron chi connectivity index (χ2n) is 4.68. The van der Waals surface area contributed by atoms with Gasteiger partial charge in [0.05, 0.1) is 17.8 Å². The predicted molar refractivity (Wildman–Crippen MR) is 58.9 cm³/mol. The van der Waals surface area contributed by atoms with Crippen LogP contribution in [0.25, 0.3) is 0 Å². The lowest BCUT2D eigenvalue weighted by Crippen LogP contribution is -2.37. The second-order valence-corrected chi connectivity index (χ2v) is 4.68. The third-order valence-electron chi connectivity index (χ3n) is 3.48. The molecule has 1 aliphatic carbocycles. The van der Waals surface area contributed by atoms with Crippen molar-refractivity contribution >= 4 is 17.8 Å². The van der Waals surface area contributed by atoms with Crippen molar-refractivity contribution in [1.29, 1.82) is 0 Å². The van der Waals surface area contributed by atoms with E-state index in [0.29, 0.717) is 12.8 Å². The zero-order chi connectivity index (χ0) is 12.6. The minimum Gasteiger partial charge on any atom is -0.481 e. The highest BCUT2D eigenvalue weighted by Gasteiger charge is 2.47. The summed E-state index contributed by atoms with van der Waals surface area (Å²) in [6, 6.07) is 0. The van der Waals surface area contributed by atoms with Crippen molar-refractivity contribution in [2.45, 2.75) is 19.8 Å². The Morgan fingerprint density at radius 3 is 2.24 bits per heavy atom. The first-order chi connectivity index (χ1) is 8.02. The van der Waals surface area contributed by atoms with E-state index in [4.69, 9.17) is 5.11 Å². The third kappa shape index (κ3) is 1.97. The Labute approximate surface area is 99.1 Å². The van der Waals surface area contributed by atoms with Crippen LogP contribution in [0.1, 0.15) is 19.8 Å². The van der Waals surface area contributed by atoms with E-state index in [1.165, 1.54) is 6.92 Å². The molecule has 92 valence electrons. The SMILES string of the molecule is CC(CN1C(=O)C2CC=CCC2C1=O)C(=O)O. The smallest absolute Gasteiger partial charge is 0.308 e. The molecule has 3 unspecified atom stereocenters. The summed E-state index contributed by atoms with van der Waals surface area (Å²) in [4.78, 5) is 35.9. The van der Waals surface area contributed by atoms with Crippen molar-refractivity contribution in [2.24, 2.45) is 17.8 Å². The Hall–Kier alpha value is -1.65. The van der Waals surface area contributed by atoms with Gasteiger partial charge in [0.1, 0.15) is 0 Å². The van der Waals surface area contributed by atoms with Crippen molar-refractivity contribution in [1.82, 2.24) is 4.90 Å². The van der Waals surface area contributed by atoms with Crippen molar-refractivity contribution in [3.05, 3.63) is 12.2 Å². The number of aliphatic carboxylic acids is 1. The van der Waals surface area contributed by atoms with Gasteiger partial charge in [-0.25, -0.2) is 0 Å². The molecule has 0 aromatic heterocycles. The summed E-state index contributed by atoms with van der Waals surface area (Å²) in [7, 11) is 0. The molecule has 0 saturated carbocycles. The van der Waals surface area contributed by atoms with Crippen LogP contribution >= 0.6 is 0 Å². The van der Waals surface area contributed by atoms with Gasteiger partial charge >= 0.3 is 5.97 Å². The summed E-state index contributed by atoms with van der Waals surface area (Å²) in [6.07, 6.45) is 5.01. The van der Waals surface area contributed by atoms with E-state index in [-0.39, 0.29) is 30.2 Å². The number of allylic oxidation sites excluding steroid dienone is 2. The van der Waals surface area contributed by atoms with E-state index in [1.54, 1.807) is 0 Å². The third-order valence-corrected chi connectivity index (χ3v) is 3.48. The van der Waals surface area contributed by atoms with Crippen LogP contribution in [0, 0.1) is 17.8 Å². The standard InChI is InChI=1S/C12H15NO4/c1-7(12(16)17)6-13-10(14)8-4-2-3-5-9(8)11(13)15/h2-3,7-9H,4-6H2,1H3,(H,16,17). The molecule has 2 rings (SSSR count). The van der Waals surface area contributed by atoms with Crippen LogP contribution in [0.5, 0.6) is 0 Å². The molecule has 0 bridgehead atoms. The Morgan fingerprint density at radius 1 is 1.35 bits per heavy atom. The van der Waals surface area contributed by atoms with Crippen LogP contribution in [0.15, 0.2) is 12.2 Å². The van der Waals surface area contributed by atoms with Crippen LogP contribution in [-0.2, 0) is 14.4 Å². The first-order valence-electron chi connectivity index (χ1n) is 5.75. The molecule has 1 saturated heterocycles. The van der Waals surface area contributed by atoms with E-state index >= 15 is 0 Å². The molecule has 1 fully saturated rings. The number of fused-ring (bicyclic) bond motifs is 1. The molecular weight excluding hydrogens is 222 g/mol. The minimum atomic E-state index is -0.987. The minimum absolute atomic E-state index is 0.0139. The van der Waals surface area contributed by atoms with Gasteiger partial charge in [-0.1, -0.05) is 19.1 Å². The first kappa shape index (κ1) is 11.8. The molecule has 0 aromatic carbocycles. The number of rotatable bonds is 3. The van der Waals surface area contributed by atoms with Crippen LogP contribution < -0.4 is 0 Å². The number of hydrogen-bond donors (Lipinski definition) is 1. The predicted octanol–water partition coefficient (Wildman–Crippen LogP) is 0.658. The topological polar surface area (TPSA) is 74.7 Å². The van der Waals surface area contributed by atoms with Crippen LogP contribution in [-0.4, -0.2) is 34.3 Å². The van der Waals surface area contributed by atoms with Crippen LogP contribution in [0.2, 0.25) is 0 Å². The van der Waals surface area contributed by atoms with Gasteiger partial charge in [-0.2, -0.15) is 0 Å². The highest BCUT2D eigenvalue weighted by molar-refractivity contribution is 6.05. The average Bonchev–Trinajstić information content (AvgIpc) is 2.55. The van der Waals surface area contributed by atoms with Gasteiger partial charge < -0.3 is 5.11 Å². The van der Waals surface area contributed by atoms with E-state index in [1.807, 2.05) is 12.2 Å². The molecule has 1 N–H and O–H groups in total. The molecule has 3 atom stereocenters. The monoisotopic (exact) mass is 237 g/mol. The lowest BCUT2D eigenvalue weighted by molar-refractivity contribution is -0.145. The Kier molecular flexibility index (Phi) is 3.00. The Morgan fingerprint density at radius 2 is 1.82 bits per heavy atom. The average molecular weight is 237 g/mol. The molecule has 2 amide bonds. The highest BCUT2D eigenvalue weighted by Crippen LogP contribution is 2.35. The van der Waals surface area contributed by atoms with Crippen molar-refractivity contribution in [3.8, 4) is 0 Å². The molecule has 1 aliphatic heterocycles. The van der Waals surface area contributed by atoms with Gasteiger partial charge in [0.15, 0.2) is 0 Å². The summed E-state index contributed by atoms with van der Waals surface area (Å²) in [5.41, 5.74) is 0. The fraction of sp³-hybridized carbons (Fsp3) is 0.583. The number of nitrogens with zero attached hydrogens (tertiary/aromatic N) is 1. The molecule has 0 radical (unpaired) electrons. The van der Waals surface area contributed by atoms with Crippen molar-refractivity contribution in [2.75, 3.05) is 6.54 Å². The maximum atomic E-state index is 12.0. The number of carbonyl (C=O) groups is 3. The van der Waals surface area contributed by atoms with Crippen molar-refractivity contribution < 1.29 is 19.5 Å². The highest BCUT2D eigenvalue weighted by atomic mass is 16.4. The van der Waals surface area contributed by atoms with Gasteiger partial charge in [0.2, 0.25) is 11.8 Å². The van der Waals surface area contributed by atoms with E-state index in [9.17, 15) is 14.4 Å². The molecule has 2 aliphatic rings. The number of carboxylic acid groups (broad SMARTS) is 1. The zero-order valence-corrected chi connectivity index (χ0v) is 9.63. The molecule has 5 heteroatoms. The van der Waals surface area contributed by atoms with Crippen molar-refractivity contribution in [3.63, 3.8) is 0 Å². The van der Waals surface area contributed by atoms with E-state index < -0.39 is 11.9 Å². The molecule has 5 nitrogen and oxygen atoms in total. The lowest BCUT2D eigenvalue weighted by atomic mass is 9.85. The maximum Gasteiger partial charge on any atom is 0.308 e. The summed E-state index contributed by atoms with van der Waals surface area (Å²) in [5, 5.41) is 8.81. The zero-order valence-electron chi connectivity index (χ0n) is 9.63. The van der Waals surface area contributed by atoms with E-state index in [0.717, 1.165) is 4.90 Å². The fourth-order valence-corrected chi connectivity index (χ4v) is 2.40. The van der Waals surface area contributed by atoms with E-state index in [2.05, 4.69) is 0 Å². The number of imide groups is 1. The quantitative estimate of drug-likeness (QED) is 0.578. The number of carbonyl (C=O) groups excluding carboxylic acids is 2. The second kappa shape index (κ2) is 4.31. The fourth-order valence-electron chi connectivity index (χ4n) is 2.40. The lowest BCUT2D eigenvalue weighted by Gasteiger charge is -2.17. The number of amides is 2. The molecule has 0 aromatic rings. The number of carboxylic acids is 1. The van der Waals surface area contributed by atoms with Gasteiger partial charge in [-0.15, -0.1) is 0 Å². The first-order valence-corrected chi connectivity index (χ1v) is 5.75. The van der Waals surface area contributed by atoms with Gasteiger partial charge in [0, 0.05) is 6.54 Å². The summed E-state index contributed by atoms with van der Waals surface area (Å²) < 4.78 is 0. The maximum absolute atomic E-state index is 12.0.